The minimum Gasteiger partial charge on any atom is -0.449 e. The molecule has 0 saturated heterocycles. The first-order chi connectivity index (χ1) is 12.6. The fourth-order valence-electron chi connectivity index (χ4n) is 2.05. The minimum atomic E-state index is -3.61. The number of hydrogen-bond acceptors (Lipinski definition) is 5. The van der Waals surface area contributed by atoms with Gasteiger partial charge in [0.05, 0.1) is 28.2 Å². The van der Waals surface area contributed by atoms with Crippen LogP contribution in [-0.4, -0.2) is 32.7 Å². The van der Waals surface area contributed by atoms with E-state index in [0.29, 0.717) is 0 Å². The zero-order chi connectivity index (χ0) is 20.2. The van der Waals surface area contributed by atoms with Gasteiger partial charge in [-0.1, -0.05) is 23.7 Å². The summed E-state index contributed by atoms with van der Waals surface area (Å²) in [4.78, 5) is 24.5. The maximum Gasteiger partial charge on any atom is 0.341 e. The van der Waals surface area contributed by atoms with Crippen molar-refractivity contribution in [2.45, 2.75) is 13.0 Å². The highest BCUT2D eigenvalue weighted by Gasteiger charge is 2.22. The summed E-state index contributed by atoms with van der Waals surface area (Å²) >= 11 is 5.83. The number of halogens is 2. The van der Waals surface area contributed by atoms with Gasteiger partial charge in [-0.05, 0) is 37.3 Å². The molecule has 0 spiro atoms. The smallest absolute Gasteiger partial charge is 0.341 e. The predicted octanol–water partition coefficient (Wildman–Crippen LogP) is 3.03. The lowest BCUT2D eigenvalue weighted by atomic mass is 10.2. The monoisotopic (exact) mass is 414 g/mol. The van der Waals surface area contributed by atoms with E-state index in [1.807, 2.05) is 0 Å². The number of carbonyl (C=O) groups excluding carboxylic acids is 2. The van der Waals surface area contributed by atoms with Gasteiger partial charge in [0.25, 0.3) is 5.91 Å². The molecule has 10 heteroatoms. The summed E-state index contributed by atoms with van der Waals surface area (Å²) in [5.74, 6) is -2.15. The standard InChI is InChI=1S/C17H16ClFN2O5S/c1-10(16(22)20-15-8-7-11(19)9-13(15)18)26-17(23)12-5-3-4-6-14(12)21-27(2,24)25/h3-10,21H,1-2H3,(H,20,22)/t10-/m0/s1. The Hall–Kier alpha value is -2.65. The molecule has 0 unspecified atom stereocenters. The average molecular weight is 415 g/mol. The molecule has 7 nitrogen and oxygen atoms in total. The van der Waals surface area contributed by atoms with Gasteiger partial charge in [-0.25, -0.2) is 17.6 Å². The average Bonchev–Trinajstić information content (AvgIpc) is 2.56. The molecule has 0 saturated carbocycles. The molecule has 0 fully saturated rings. The number of benzene rings is 2. The van der Waals surface area contributed by atoms with Gasteiger partial charge in [0.15, 0.2) is 6.10 Å². The number of ether oxygens (including phenoxy) is 1. The van der Waals surface area contributed by atoms with Crippen molar-refractivity contribution in [2.24, 2.45) is 0 Å². The van der Waals surface area contributed by atoms with Gasteiger partial charge in [0.1, 0.15) is 5.82 Å². The third-order valence-corrected chi connectivity index (χ3v) is 4.19. The zero-order valence-corrected chi connectivity index (χ0v) is 15.9. The van der Waals surface area contributed by atoms with Crippen molar-refractivity contribution in [2.75, 3.05) is 16.3 Å². The lowest BCUT2D eigenvalue weighted by Gasteiger charge is -2.16. The number of para-hydroxylation sites is 1. The highest BCUT2D eigenvalue weighted by Crippen LogP contribution is 2.23. The largest absolute Gasteiger partial charge is 0.449 e. The summed E-state index contributed by atoms with van der Waals surface area (Å²) in [6.45, 7) is 1.33. The highest BCUT2D eigenvalue weighted by atomic mass is 35.5. The Morgan fingerprint density at radius 2 is 1.81 bits per heavy atom. The van der Waals surface area contributed by atoms with Crippen LogP contribution in [-0.2, 0) is 19.6 Å². The van der Waals surface area contributed by atoms with Crippen LogP contribution >= 0.6 is 11.6 Å². The molecule has 2 rings (SSSR count). The summed E-state index contributed by atoms with van der Waals surface area (Å²) in [5, 5.41) is 2.41. The Morgan fingerprint density at radius 3 is 2.44 bits per heavy atom. The molecule has 0 aromatic heterocycles. The fourth-order valence-corrected chi connectivity index (χ4v) is 2.84. The SMILES string of the molecule is C[C@H](OC(=O)c1ccccc1NS(C)(=O)=O)C(=O)Nc1ccc(F)cc1Cl. The number of esters is 1. The van der Waals surface area contributed by atoms with Gasteiger partial charge >= 0.3 is 5.97 Å². The van der Waals surface area contributed by atoms with Crippen molar-refractivity contribution in [3.63, 3.8) is 0 Å². The van der Waals surface area contributed by atoms with Crippen LogP contribution in [0.1, 0.15) is 17.3 Å². The molecule has 27 heavy (non-hydrogen) atoms. The van der Waals surface area contributed by atoms with Crippen LogP contribution in [0.5, 0.6) is 0 Å². The molecule has 1 atom stereocenters. The van der Waals surface area contributed by atoms with E-state index in [-0.39, 0.29) is 22.0 Å². The number of amides is 1. The van der Waals surface area contributed by atoms with Crippen LogP contribution in [0.2, 0.25) is 5.02 Å². The van der Waals surface area contributed by atoms with E-state index in [0.717, 1.165) is 18.4 Å². The quantitative estimate of drug-likeness (QED) is 0.707. The minimum absolute atomic E-state index is 0.00965. The van der Waals surface area contributed by atoms with Crippen molar-refractivity contribution in [3.8, 4) is 0 Å². The molecule has 144 valence electrons. The van der Waals surface area contributed by atoms with E-state index in [4.69, 9.17) is 16.3 Å². The van der Waals surface area contributed by atoms with Crippen LogP contribution in [0.4, 0.5) is 15.8 Å². The summed E-state index contributed by atoms with van der Waals surface area (Å²) in [6.07, 6.45) is -0.276. The van der Waals surface area contributed by atoms with E-state index >= 15 is 0 Å². The second-order valence-corrected chi connectivity index (χ2v) is 7.74. The fraction of sp³-hybridized carbons (Fsp3) is 0.176. The summed E-state index contributed by atoms with van der Waals surface area (Å²) in [6, 6.07) is 9.23. The summed E-state index contributed by atoms with van der Waals surface area (Å²) in [5.41, 5.74) is 0.131. The molecule has 0 aliphatic rings. The zero-order valence-electron chi connectivity index (χ0n) is 14.3. The highest BCUT2D eigenvalue weighted by molar-refractivity contribution is 7.92. The molecule has 0 bridgehead atoms. The van der Waals surface area contributed by atoms with Crippen molar-refractivity contribution < 1.29 is 27.1 Å². The first-order valence-electron chi connectivity index (χ1n) is 7.60. The number of anilines is 2. The Morgan fingerprint density at radius 1 is 1.15 bits per heavy atom. The molecule has 1 amide bonds. The van der Waals surface area contributed by atoms with Gasteiger partial charge in [0.2, 0.25) is 10.0 Å². The normalized spacial score (nSPS) is 12.1. The van der Waals surface area contributed by atoms with Crippen molar-refractivity contribution in [1.29, 1.82) is 0 Å². The van der Waals surface area contributed by atoms with E-state index in [1.54, 1.807) is 0 Å². The number of hydrogen-bond donors (Lipinski definition) is 2. The lowest BCUT2D eigenvalue weighted by Crippen LogP contribution is -2.30. The molecular weight excluding hydrogens is 399 g/mol. The van der Waals surface area contributed by atoms with Crippen molar-refractivity contribution in [1.82, 2.24) is 0 Å². The lowest BCUT2D eigenvalue weighted by molar-refractivity contribution is -0.123. The van der Waals surface area contributed by atoms with Gasteiger partial charge in [-0.15, -0.1) is 0 Å². The second-order valence-electron chi connectivity index (χ2n) is 5.58. The van der Waals surface area contributed by atoms with Gasteiger partial charge in [-0.2, -0.15) is 0 Å². The number of carbonyl (C=O) groups is 2. The van der Waals surface area contributed by atoms with Crippen molar-refractivity contribution in [3.05, 3.63) is 58.9 Å². The summed E-state index contributed by atoms with van der Waals surface area (Å²) in [7, 11) is -3.61. The molecule has 2 aromatic rings. The molecular formula is C17H16ClFN2O5S. The van der Waals surface area contributed by atoms with Crippen LogP contribution < -0.4 is 10.0 Å². The van der Waals surface area contributed by atoms with Crippen molar-refractivity contribution >= 4 is 44.9 Å². The predicted molar refractivity (Wildman–Crippen MR) is 99.8 cm³/mol. The Kier molecular flexibility index (Phi) is 6.40. The summed E-state index contributed by atoms with van der Waals surface area (Å²) < 4.78 is 43.1. The molecule has 2 aromatic carbocycles. The first kappa shape index (κ1) is 20.7. The molecule has 0 radical (unpaired) electrons. The van der Waals surface area contributed by atoms with E-state index in [2.05, 4.69) is 10.0 Å². The van der Waals surface area contributed by atoms with Crippen LogP contribution in [0, 0.1) is 5.82 Å². The molecule has 2 N–H and O–H groups in total. The number of rotatable bonds is 6. The van der Waals surface area contributed by atoms with Gasteiger partial charge in [0, 0.05) is 0 Å². The maximum absolute atomic E-state index is 13.0. The Bertz CT molecular complexity index is 981. The topological polar surface area (TPSA) is 102 Å². The third-order valence-electron chi connectivity index (χ3n) is 3.28. The van der Waals surface area contributed by atoms with Crippen LogP contribution in [0.3, 0.4) is 0 Å². The van der Waals surface area contributed by atoms with E-state index in [1.165, 1.54) is 37.3 Å². The van der Waals surface area contributed by atoms with Crippen LogP contribution in [0.25, 0.3) is 0 Å². The molecule has 0 aliphatic heterocycles. The van der Waals surface area contributed by atoms with E-state index < -0.39 is 33.8 Å². The maximum atomic E-state index is 13.0. The number of nitrogens with one attached hydrogen (secondary N) is 2. The van der Waals surface area contributed by atoms with Gasteiger partial charge in [-0.3, -0.25) is 9.52 Å². The van der Waals surface area contributed by atoms with Gasteiger partial charge < -0.3 is 10.1 Å². The van der Waals surface area contributed by atoms with Crippen LogP contribution in [0.15, 0.2) is 42.5 Å². The molecule has 0 heterocycles. The Balaban J connectivity index is 2.10. The second kappa shape index (κ2) is 8.36. The molecule has 0 aliphatic carbocycles. The number of sulfonamides is 1. The third kappa shape index (κ3) is 5.93. The van der Waals surface area contributed by atoms with E-state index in [9.17, 15) is 22.4 Å². The first-order valence-corrected chi connectivity index (χ1v) is 9.87. The Labute approximate surface area is 160 Å².